The van der Waals surface area contributed by atoms with Crippen molar-refractivity contribution < 1.29 is 53.6 Å². The Labute approximate surface area is 477 Å². The van der Waals surface area contributed by atoms with Gasteiger partial charge in [-0.15, -0.1) is 0 Å². The second kappa shape index (κ2) is 35.9. The van der Waals surface area contributed by atoms with Crippen LogP contribution >= 0.6 is 0 Å². The summed E-state index contributed by atoms with van der Waals surface area (Å²) in [5.74, 6) is 21.8. The van der Waals surface area contributed by atoms with Gasteiger partial charge in [0.2, 0.25) is 0 Å². The third-order valence-electron chi connectivity index (χ3n) is 12.2. The maximum Gasteiger partial charge on any atom is 0.416 e. The van der Waals surface area contributed by atoms with Gasteiger partial charge in [-0.2, -0.15) is 18.3 Å². The molecule has 15 heteroatoms. The highest BCUT2D eigenvalue weighted by Crippen LogP contribution is 2.30. The monoisotopic (exact) mass is 1130 g/mol. The molecule has 5 aromatic heterocycles. The fraction of sp³-hybridized carbons (Fsp3) is 0.470. The van der Waals surface area contributed by atoms with E-state index in [1.807, 2.05) is 71.9 Å². The number of nitrogens with one attached hydrogen (secondary N) is 1. The number of aryl methyl sites for hydroxylation is 2. The molecule has 7 rings (SSSR count). The maximum absolute atomic E-state index is 12.8. The predicted octanol–water partition coefficient (Wildman–Crippen LogP) is 20.1. The second-order valence-electron chi connectivity index (χ2n) is 21.3. The Bertz CT molecular complexity index is 2940. The zero-order valence-electron chi connectivity index (χ0n) is 50.2. The summed E-state index contributed by atoms with van der Waals surface area (Å²) >= 11 is 0. The fourth-order valence-corrected chi connectivity index (χ4v) is 7.30. The molecule has 0 atom stereocenters. The standard InChI is InChI=1S/C16H13F3O.C16H16O.C13H14F4N2O.C9H14O.C8H18.C4H11NO/c1-11(2)15-10-9-14(20-15)8-5-12-3-6-13(7-4-12)16(17,18)19;1-12(2)16-10-9-15(17-16)8-7-14-6-4-5-13(3)11-14;1-7(2)11-4-3-8(20-11)6-19-10(13(16)17)5-9(18-19)12(14)15;1-4-8-5-6-9(10-8)7(2)3;1-5-8(6-2)7(3)4;1-4(2)3-5-6/h3-4,6-7,9-11H,1-2H3;4-6,9-12H,1-3H3;3-5,7,12-13H,6H2,1-2H3;5-7H,4H2,1-3H3;7-8H,5-6H2,1-4H3;4-6H,3H2,1-2H3. The first-order chi connectivity index (χ1) is 38.1. The molecular formula is C66H86F7N3O5. The first-order valence-corrected chi connectivity index (χ1v) is 27.8. The third kappa shape index (κ3) is 26.6. The summed E-state index contributed by atoms with van der Waals surface area (Å²) < 4.78 is 111. The highest BCUT2D eigenvalue weighted by atomic mass is 19.4. The van der Waals surface area contributed by atoms with Gasteiger partial charge in [-0.3, -0.25) is 4.68 Å². The normalized spacial score (nSPS) is 11.1. The molecule has 0 radical (unpaired) electrons. The molecule has 2 aromatic carbocycles. The van der Waals surface area contributed by atoms with E-state index in [0.717, 1.165) is 75.5 Å². The van der Waals surface area contributed by atoms with E-state index in [4.69, 9.17) is 22.9 Å². The molecule has 7 aromatic rings. The van der Waals surface area contributed by atoms with Crippen molar-refractivity contribution in [1.29, 1.82) is 0 Å². The van der Waals surface area contributed by atoms with Crippen molar-refractivity contribution in [3.05, 3.63) is 183 Å². The van der Waals surface area contributed by atoms with Crippen molar-refractivity contribution in [3.8, 4) is 23.7 Å². The van der Waals surface area contributed by atoms with Crippen molar-refractivity contribution in [2.75, 3.05) is 6.54 Å². The van der Waals surface area contributed by atoms with Gasteiger partial charge in [0.25, 0.3) is 12.9 Å². The number of alkyl halides is 7. The van der Waals surface area contributed by atoms with Crippen LogP contribution in [0, 0.1) is 48.4 Å². The van der Waals surface area contributed by atoms with Gasteiger partial charge in [-0.25, -0.2) is 23.0 Å². The number of furan rings is 4. The van der Waals surface area contributed by atoms with Gasteiger partial charge in [-0.05, 0) is 133 Å². The molecule has 0 fully saturated rings. The molecule has 5 heterocycles. The molecule has 0 saturated carbocycles. The summed E-state index contributed by atoms with van der Waals surface area (Å²) in [6.07, 6.45) is -6.39. The molecule has 0 unspecified atom stereocenters. The summed E-state index contributed by atoms with van der Waals surface area (Å²) in [6.45, 7) is 34.3. The fourth-order valence-electron chi connectivity index (χ4n) is 7.30. The molecule has 0 spiro atoms. The van der Waals surface area contributed by atoms with Crippen LogP contribution in [0.25, 0.3) is 0 Å². The zero-order valence-corrected chi connectivity index (χ0v) is 50.2. The van der Waals surface area contributed by atoms with E-state index in [-0.39, 0.29) is 18.4 Å². The summed E-state index contributed by atoms with van der Waals surface area (Å²) in [7, 11) is 0. The molecule has 8 nitrogen and oxygen atoms in total. The highest BCUT2D eigenvalue weighted by molar-refractivity contribution is 5.42. The van der Waals surface area contributed by atoms with E-state index in [1.54, 1.807) is 18.2 Å². The first-order valence-electron chi connectivity index (χ1n) is 27.8. The molecule has 81 heavy (non-hydrogen) atoms. The van der Waals surface area contributed by atoms with Gasteiger partial charge in [0.1, 0.15) is 45.9 Å². The van der Waals surface area contributed by atoms with Crippen molar-refractivity contribution >= 4 is 0 Å². The van der Waals surface area contributed by atoms with E-state index >= 15 is 0 Å². The zero-order chi connectivity index (χ0) is 61.0. The van der Waals surface area contributed by atoms with Crippen molar-refractivity contribution in [1.82, 2.24) is 15.3 Å². The Morgan fingerprint density at radius 3 is 1.37 bits per heavy atom. The topological polar surface area (TPSA) is 103 Å². The van der Waals surface area contributed by atoms with E-state index in [2.05, 4.69) is 128 Å². The lowest BCUT2D eigenvalue weighted by Gasteiger charge is -2.15. The Morgan fingerprint density at radius 2 is 1.02 bits per heavy atom. The number of hydrogen-bond acceptors (Lipinski definition) is 7. The van der Waals surface area contributed by atoms with Crippen LogP contribution in [0.15, 0.2) is 121 Å². The van der Waals surface area contributed by atoms with Crippen molar-refractivity contribution in [2.45, 2.75) is 179 Å². The largest absolute Gasteiger partial charge is 0.466 e. The summed E-state index contributed by atoms with van der Waals surface area (Å²) in [6, 6.07) is 28.6. The molecule has 2 N–H and O–H groups in total. The van der Waals surface area contributed by atoms with E-state index in [1.165, 1.54) is 30.5 Å². The van der Waals surface area contributed by atoms with Gasteiger partial charge < -0.3 is 22.9 Å². The SMILES string of the molecule is CC(C)CNO.CC(C)c1ccc(C#Cc2ccc(C(F)(F)F)cc2)o1.CC(C)c1ccc(Cn2nc(C(F)F)cc2C(F)F)o1.CCC(CC)C(C)C.CCc1ccc(C(C)C)o1.Cc1cccc(C#Cc2ccc(C(C)C)o2)c1. The minimum atomic E-state index is -4.32. The lowest BCUT2D eigenvalue weighted by molar-refractivity contribution is -0.137. The van der Waals surface area contributed by atoms with Crippen LogP contribution in [0.3, 0.4) is 0 Å². The summed E-state index contributed by atoms with van der Waals surface area (Å²) in [5, 5.41) is 11.5. The number of benzene rings is 2. The van der Waals surface area contributed by atoms with E-state index in [9.17, 15) is 30.7 Å². The van der Waals surface area contributed by atoms with Crippen LogP contribution in [-0.4, -0.2) is 21.5 Å². The lowest BCUT2D eigenvalue weighted by Crippen LogP contribution is -2.13. The predicted molar refractivity (Wildman–Crippen MR) is 310 cm³/mol. The van der Waals surface area contributed by atoms with E-state index < -0.39 is 36.0 Å². The van der Waals surface area contributed by atoms with Crippen LogP contribution in [0.5, 0.6) is 0 Å². The number of aromatic nitrogens is 2. The molecule has 0 saturated heterocycles. The van der Waals surface area contributed by atoms with Gasteiger partial charge in [0.05, 0.1) is 12.1 Å². The Balaban J connectivity index is 0.000000348. The molecule has 0 aliphatic rings. The number of hydroxylamine groups is 1. The molecule has 444 valence electrons. The van der Waals surface area contributed by atoms with Gasteiger partial charge in [0, 0.05) is 47.8 Å². The quantitative estimate of drug-likeness (QED) is 0.0635. The number of rotatable bonds is 14. The number of halogens is 7. The first kappa shape index (κ1) is 70.4. The van der Waals surface area contributed by atoms with E-state index in [0.29, 0.717) is 47.1 Å². The molecule has 0 aliphatic heterocycles. The van der Waals surface area contributed by atoms with Crippen LogP contribution in [0.4, 0.5) is 30.7 Å². The highest BCUT2D eigenvalue weighted by Gasteiger charge is 2.30. The second-order valence-corrected chi connectivity index (χ2v) is 21.3. The minimum Gasteiger partial charge on any atom is -0.466 e. The summed E-state index contributed by atoms with van der Waals surface area (Å²) in [5.41, 5.74) is 2.95. The minimum absolute atomic E-state index is 0.0981. The van der Waals surface area contributed by atoms with Gasteiger partial charge in [-0.1, -0.05) is 141 Å². The molecule has 0 amide bonds. The van der Waals surface area contributed by atoms with Crippen LogP contribution in [0.1, 0.15) is 233 Å². The van der Waals surface area contributed by atoms with Crippen molar-refractivity contribution in [2.24, 2.45) is 17.8 Å². The average Bonchev–Trinajstić information content (AvgIpc) is 4.33. The number of nitrogens with zero attached hydrogens (tertiary/aromatic N) is 2. The average molecular weight is 1130 g/mol. The van der Waals surface area contributed by atoms with Crippen LogP contribution < -0.4 is 5.48 Å². The third-order valence-corrected chi connectivity index (χ3v) is 12.2. The lowest BCUT2D eigenvalue weighted by atomic mass is 9.91. The number of hydrogen-bond donors (Lipinski definition) is 2. The maximum atomic E-state index is 12.8. The summed E-state index contributed by atoms with van der Waals surface area (Å²) in [4.78, 5) is 0. The molecule has 0 aliphatic carbocycles. The van der Waals surface area contributed by atoms with Crippen LogP contribution in [-0.2, 0) is 19.1 Å². The molecular weight excluding hydrogens is 1050 g/mol. The Kier molecular flexibility index (Phi) is 31.2. The molecule has 0 bridgehead atoms. The smallest absolute Gasteiger partial charge is 0.416 e. The van der Waals surface area contributed by atoms with Crippen LogP contribution in [0.2, 0.25) is 0 Å². The van der Waals surface area contributed by atoms with Gasteiger partial charge in [0.15, 0.2) is 11.5 Å². The van der Waals surface area contributed by atoms with Crippen molar-refractivity contribution in [3.63, 3.8) is 0 Å². The Morgan fingerprint density at radius 1 is 0.556 bits per heavy atom. The Hall–Kier alpha value is -6.68. The van der Waals surface area contributed by atoms with Gasteiger partial charge >= 0.3 is 6.18 Å².